The summed E-state index contributed by atoms with van der Waals surface area (Å²) in [6.07, 6.45) is 5.16. The zero-order valence-electron chi connectivity index (χ0n) is 9.71. The maximum Gasteiger partial charge on any atom is 0.227 e. The summed E-state index contributed by atoms with van der Waals surface area (Å²) in [7, 11) is 0. The van der Waals surface area contributed by atoms with Gasteiger partial charge in [0, 0.05) is 13.1 Å². The van der Waals surface area contributed by atoms with Crippen molar-refractivity contribution in [1.29, 1.82) is 0 Å². The lowest BCUT2D eigenvalue weighted by Crippen LogP contribution is -2.51. The number of carbonyl (C=O) groups is 1. The predicted molar refractivity (Wildman–Crippen MR) is 65.9 cm³/mol. The van der Waals surface area contributed by atoms with Crippen molar-refractivity contribution in [3.8, 4) is 0 Å². The van der Waals surface area contributed by atoms with Gasteiger partial charge in [0.15, 0.2) is 0 Å². The smallest absolute Gasteiger partial charge is 0.227 e. The van der Waals surface area contributed by atoms with Gasteiger partial charge in [-0.2, -0.15) is 11.8 Å². The Hall–Kier alpha value is -0.220. The van der Waals surface area contributed by atoms with Gasteiger partial charge in [0.2, 0.25) is 5.91 Å². The molecular weight excluding hydrogens is 208 g/mol. The molecule has 1 atom stereocenters. The summed E-state index contributed by atoms with van der Waals surface area (Å²) in [5.74, 6) is 1.80. The second kappa shape index (κ2) is 5.75. The molecule has 0 saturated heterocycles. The molecule has 0 heterocycles. The molecule has 1 saturated carbocycles. The zero-order valence-corrected chi connectivity index (χ0v) is 10.5. The van der Waals surface area contributed by atoms with Crippen molar-refractivity contribution in [3.05, 3.63) is 0 Å². The van der Waals surface area contributed by atoms with Crippen LogP contribution in [0.2, 0.25) is 0 Å². The molecule has 0 aromatic rings. The second-order valence-corrected chi connectivity index (χ2v) is 5.52. The van der Waals surface area contributed by atoms with Gasteiger partial charge in [-0.3, -0.25) is 4.79 Å². The molecule has 1 amide bonds. The Morgan fingerprint density at radius 2 is 2.27 bits per heavy atom. The van der Waals surface area contributed by atoms with E-state index in [2.05, 4.69) is 18.5 Å². The maximum atomic E-state index is 11.9. The van der Waals surface area contributed by atoms with E-state index in [1.165, 1.54) is 0 Å². The number of carbonyl (C=O) groups excluding carboxylic acids is 1. The fraction of sp³-hybridized carbons (Fsp3) is 0.909. The lowest BCUT2D eigenvalue weighted by Gasteiger charge is -2.39. The Kier molecular flexibility index (Phi) is 4.93. The van der Waals surface area contributed by atoms with Gasteiger partial charge in [-0.1, -0.05) is 13.3 Å². The highest BCUT2D eigenvalue weighted by Crippen LogP contribution is 2.39. The van der Waals surface area contributed by atoms with E-state index in [4.69, 9.17) is 5.73 Å². The predicted octanol–water partition coefficient (Wildman–Crippen LogP) is 1.23. The fourth-order valence-electron chi connectivity index (χ4n) is 1.93. The van der Waals surface area contributed by atoms with Crippen LogP contribution in [0, 0.1) is 11.3 Å². The maximum absolute atomic E-state index is 11.9. The summed E-state index contributed by atoms with van der Waals surface area (Å²) in [5.41, 5.74) is 5.45. The number of amides is 1. The summed E-state index contributed by atoms with van der Waals surface area (Å²) in [5, 5.41) is 3.03. The number of hydrogen-bond donors (Lipinski definition) is 2. The first-order chi connectivity index (χ1) is 7.14. The molecule has 3 nitrogen and oxygen atoms in total. The quantitative estimate of drug-likeness (QED) is 0.721. The van der Waals surface area contributed by atoms with Crippen molar-refractivity contribution < 1.29 is 4.79 Å². The van der Waals surface area contributed by atoms with Gasteiger partial charge in [0.05, 0.1) is 5.41 Å². The molecule has 1 rings (SSSR count). The van der Waals surface area contributed by atoms with Crippen LogP contribution in [0.4, 0.5) is 0 Å². The van der Waals surface area contributed by atoms with Crippen LogP contribution in [0.3, 0.4) is 0 Å². The van der Waals surface area contributed by atoms with E-state index in [1.54, 1.807) is 0 Å². The largest absolute Gasteiger partial charge is 0.355 e. The van der Waals surface area contributed by atoms with Crippen LogP contribution < -0.4 is 11.1 Å². The molecule has 0 radical (unpaired) electrons. The summed E-state index contributed by atoms with van der Waals surface area (Å²) in [6, 6.07) is 0. The van der Waals surface area contributed by atoms with Gasteiger partial charge in [0.25, 0.3) is 0 Å². The third-order valence-electron chi connectivity index (χ3n) is 3.25. The second-order valence-electron chi connectivity index (χ2n) is 4.61. The van der Waals surface area contributed by atoms with Crippen LogP contribution in [0.5, 0.6) is 0 Å². The Bertz CT molecular complexity index is 211. The average Bonchev–Trinajstić information content (AvgIpc) is 2.14. The highest BCUT2D eigenvalue weighted by Gasteiger charge is 2.42. The molecule has 1 unspecified atom stereocenters. The van der Waals surface area contributed by atoms with Gasteiger partial charge in [-0.15, -0.1) is 0 Å². The average molecular weight is 230 g/mol. The van der Waals surface area contributed by atoms with Gasteiger partial charge in [0.1, 0.15) is 0 Å². The first kappa shape index (κ1) is 12.8. The highest BCUT2D eigenvalue weighted by molar-refractivity contribution is 7.98. The van der Waals surface area contributed by atoms with Crippen molar-refractivity contribution in [2.24, 2.45) is 17.1 Å². The number of nitrogens with one attached hydrogen (secondary N) is 1. The third-order valence-corrected chi connectivity index (χ3v) is 4.15. The highest BCUT2D eigenvalue weighted by atomic mass is 32.2. The SMILES string of the molecule is CSCC(C)CNC(=O)C1(CN)CCC1. The monoisotopic (exact) mass is 230 g/mol. The molecule has 3 N–H and O–H groups in total. The fourth-order valence-corrected chi connectivity index (χ4v) is 2.61. The number of thioether (sulfide) groups is 1. The van der Waals surface area contributed by atoms with Gasteiger partial charge >= 0.3 is 0 Å². The molecule has 1 aliphatic rings. The summed E-state index contributed by atoms with van der Waals surface area (Å²) >= 11 is 1.82. The molecule has 0 aromatic heterocycles. The van der Waals surface area contributed by atoms with E-state index in [1.807, 2.05) is 11.8 Å². The normalized spacial score (nSPS) is 20.5. The minimum atomic E-state index is -0.223. The lowest BCUT2D eigenvalue weighted by atomic mass is 9.68. The van der Waals surface area contributed by atoms with Crippen LogP contribution in [-0.2, 0) is 4.79 Å². The standard InChI is InChI=1S/C11H22N2OS/c1-9(7-15-2)6-13-10(14)11(8-12)4-3-5-11/h9H,3-8,12H2,1-2H3,(H,13,14). The first-order valence-electron chi connectivity index (χ1n) is 5.62. The molecule has 88 valence electrons. The third kappa shape index (κ3) is 3.11. The zero-order chi connectivity index (χ0) is 11.3. The van der Waals surface area contributed by atoms with Crippen molar-refractivity contribution in [2.45, 2.75) is 26.2 Å². The van der Waals surface area contributed by atoms with Crippen molar-refractivity contribution in [1.82, 2.24) is 5.32 Å². The molecule has 0 bridgehead atoms. The van der Waals surface area contributed by atoms with Crippen LogP contribution in [0.1, 0.15) is 26.2 Å². The topological polar surface area (TPSA) is 55.1 Å². The molecule has 4 heteroatoms. The lowest BCUT2D eigenvalue weighted by molar-refractivity contribution is -0.135. The van der Waals surface area contributed by atoms with E-state index in [9.17, 15) is 4.79 Å². The van der Waals surface area contributed by atoms with E-state index in [0.717, 1.165) is 31.6 Å². The van der Waals surface area contributed by atoms with Gasteiger partial charge in [-0.25, -0.2) is 0 Å². The summed E-state index contributed by atoms with van der Waals surface area (Å²) < 4.78 is 0. The summed E-state index contributed by atoms with van der Waals surface area (Å²) in [6.45, 7) is 3.43. The molecule has 0 aromatic carbocycles. The first-order valence-corrected chi connectivity index (χ1v) is 7.01. The van der Waals surface area contributed by atoms with Crippen molar-refractivity contribution >= 4 is 17.7 Å². The van der Waals surface area contributed by atoms with E-state index < -0.39 is 0 Å². The van der Waals surface area contributed by atoms with Crippen molar-refractivity contribution in [3.63, 3.8) is 0 Å². The molecule has 1 aliphatic carbocycles. The van der Waals surface area contributed by atoms with Crippen LogP contribution in [0.15, 0.2) is 0 Å². The molecule has 15 heavy (non-hydrogen) atoms. The van der Waals surface area contributed by atoms with Gasteiger partial charge in [-0.05, 0) is 30.8 Å². The van der Waals surface area contributed by atoms with E-state index in [0.29, 0.717) is 12.5 Å². The van der Waals surface area contributed by atoms with Crippen LogP contribution in [-0.4, -0.2) is 31.0 Å². The molecule has 1 fully saturated rings. The Morgan fingerprint density at radius 3 is 2.67 bits per heavy atom. The number of rotatable bonds is 6. The molecular formula is C11H22N2OS. The summed E-state index contributed by atoms with van der Waals surface area (Å²) in [4.78, 5) is 11.9. The number of nitrogens with two attached hydrogens (primary N) is 1. The van der Waals surface area contributed by atoms with Gasteiger partial charge < -0.3 is 11.1 Å². The Labute approximate surface area is 96.6 Å². The molecule has 0 spiro atoms. The van der Waals surface area contributed by atoms with E-state index in [-0.39, 0.29) is 11.3 Å². The van der Waals surface area contributed by atoms with Crippen LogP contribution >= 0.6 is 11.8 Å². The van der Waals surface area contributed by atoms with E-state index >= 15 is 0 Å². The molecule has 0 aliphatic heterocycles. The minimum absolute atomic E-state index is 0.171. The Morgan fingerprint density at radius 1 is 1.60 bits per heavy atom. The minimum Gasteiger partial charge on any atom is -0.355 e. The number of hydrogen-bond acceptors (Lipinski definition) is 3. The Balaban J connectivity index is 2.29. The van der Waals surface area contributed by atoms with Crippen molar-refractivity contribution in [2.75, 3.05) is 25.1 Å². The van der Waals surface area contributed by atoms with Crippen LogP contribution in [0.25, 0.3) is 0 Å².